The van der Waals surface area contributed by atoms with Crippen LogP contribution in [-0.2, 0) is 27.5 Å². The zero-order valence-electron chi connectivity index (χ0n) is 24.8. The molecule has 0 aliphatic carbocycles. The number of rotatable bonds is 13. The largest absolute Gasteiger partial charge is 0.348 e. The molecule has 0 unspecified atom stereocenters. The Hall–Kier alpha value is -3.95. The summed E-state index contributed by atoms with van der Waals surface area (Å²) in [6, 6.07) is 25.9. The lowest BCUT2D eigenvalue weighted by molar-refractivity contribution is -0.123. The SMILES string of the molecule is CCCN1CCN(C(=O)N[C@@H](Cc2ccccc2)C(=O)N[C@H](/C=C/S(=O)(=O)c2ccccc2)CCc2ccccc2)CC1. The lowest BCUT2D eigenvalue weighted by Gasteiger charge is -2.35. The van der Waals surface area contributed by atoms with Crippen molar-refractivity contribution in [2.75, 3.05) is 32.7 Å². The van der Waals surface area contributed by atoms with Gasteiger partial charge in [0.25, 0.3) is 0 Å². The first-order valence-electron chi connectivity index (χ1n) is 15.0. The molecule has 43 heavy (non-hydrogen) atoms. The molecular formula is C34H42N4O4S. The summed E-state index contributed by atoms with van der Waals surface area (Å²) in [5.74, 6) is -0.360. The van der Waals surface area contributed by atoms with Crippen molar-refractivity contribution in [1.29, 1.82) is 0 Å². The summed E-state index contributed by atoms with van der Waals surface area (Å²) in [4.78, 5) is 31.4. The Morgan fingerprint density at radius 3 is 2.00 bits per heavy atom. The second-order valence-corrected chi connectivity index (χ2v) is 12.7. The van der Waals surface area contributed by atoms with Gasteiger partial charge in [0, 0.05) is 44.0 Å². The van der Waals surface area contributed by atoms with Crippen LogP contribution >= 0.6 is 0 Å². The second-order valence-electron chi connectivity index (χ2n) is 10.8. The van der Waals surface area contributed by atoms with Gasteiger partial charge in [0.15, 0.2) is 9.84 Å². The molecule has 2 N–H and O–H groups in total. The smallest absolute Gasteiger partial charge is 0.318 e. The van der Waals surface area contributed by atoms with Crippen LogP contribution in [0.3, 0.4) is 0 Å². The van der Waals surface area contributed by atoms with Crippen LogP contribution in [0.5, 0.6) is 0 Å². The highest BCUT2D eigenvalue weighted by Crippen LogP contribution is 2.14. The molecule has 8 nitrogen and oxygen atoms in total. The minimum atomic E-state index is -3.70. The van der Waals surface area contributed by atoms with Gasteiger partial charge in [-0.25, -0.2) is 13.2 Å². The first kappa shape index (κ1) is 32.0. The fourth-order valence-electron chi connectivity index (χ4n) is 5.14. The van der Waals surface area contributed by atoms with Gasteiger partial charge in [0.05, 0.1) is 4.90 Å². The number of hydrogen-bond donors (Lipinski definition) is 2. The Bertz CT molecular complexity index is 1420. The van der Waals surface area contributed by atoms with Crippen molar-refractivity contribution in [2.24, 2.45) is 0 Å². The number of piperazine rings is 1. The van der Waals surface area contributed by atoms with Crippen LogP contribution in [0.2, 0.25) is 0 Å². The van der Waals surface area contributed by atoms with E-state index in [9.17, 15) is 18.0 Å². The normalized spacial score (nSPS) is 15.6. The van der Waals surface area contributed by atoms with Crippen LogP contribution in [0, 0.1) is 0 Å². The van der Waals surface area contributed by atoms with E-state index in [1.54, 1.807) is 35.2 Å². The molecule has 1 saturated heterocycles. The predicted molar refractivity (Wildman–Crippen MR) is 170 cm³/mol. The molecule has 4 rings (SSSR count). The van der Waals surface area contributed by atoms with Gasteiger partial charge in [0.1, 0.15) is 6.04 Å². The standard InChI is InChI=1S/C34H42N4O4S/c1-2-21-37-22-24-38(25-23-37)34(40)36-32(27-29-14-8-4-9-15-29)33(39)35-30(19-18-28-12-6-3-7-13-28)20-26-43(41,42)31-16-10-5-11-17-31/h3-17,20,26,30,32H,2,18-19,21-25,27H2,1H3,(H,35,39)(H,36,40)/b26-20+/t30-,32-/m0/s1. The van der Waals surface area contributed by atoms with Crippen LogP contribution in [0.1, 0.15) is 30.9 Å². The number of nitrogens with one attached hydrogen (secondary N) is 2. The van der Waals surface area contributed by atoms with E-state index in [1.165, 1.54) is 11.5 Å². The third kappa shape index (κ3) is 10.1. The van der Waals surface area contributed by atoms with Crippen molar-refractivity contribution in [3.63, 3.8) is 0 Å². The Morgan fingerprint density at radius 2 is 1.40 bits per heavy atom. The fourth-order valence-corrected chi connectivity index (χ4v) is 6.23. The highest BCUT2D eigenvalue weighted by atomic mass is 32.2. The summed E-state index contributed by atoms with van der Waals surface area (Å²) >= 11 is 0. The van der Waals surface area contributed by atoms with Crippen molar-refractivity contribution in [1.82, 2.24) is 20.4 Å². The number of sulfone groups is 1. The average Bonchev–Trinajstić information content (AvgIpc) is 3.04. The first-order chi connectivity index (χ1) is 20.8. The molecule has 1 fully saturated rings. The van der Waals surface area contributed by atoms with E-state index in [0.29, 0.717) is 32.4 Å². The molecule has 0 bridgehead atoms. The Labute approximate surface area is 255 Å². The molecule has 0 radical (unpaired) electrons. The second kappa shape index (κ2) is 16.0. The minimum Gasteiger partial charge on any atom is -0.348 e. The molecule has 3 aromatic rings. The van der Waals surface area contributed by atoms with Crippen molar-refractivity contribution in [3.05, 3.63) is 114 Å². The van der Waals surface area contributed by atoms with E-state index in [0.717, 1.165) is 37.2 Å². The van der Waals surface area contributed by atoms with Crippen LogP contribution in [0.4, 0.5) is 4.79 Å². The quantitative estimate of drug-likeness (QED) is 0.302. The Balaban J connectivity index is 1.50. The maximum atomic E-state index is 13.8. The number of nitrogens with zero attached hydrogens (tertiary/aromatic N) is 2. The minimum absolute atomic E-state index is 0.188. The number of urea groups is 1. The van der Waals surface area contributed by atoms with Gasteiger partial charge in [-0.15, -0.1) is 0 Å². The molecule has 1 aliphatic rings. The van der Waals surface area contributed by atoms with Crippen molar-refractivity contribution >= 4 is 21.8 Å². The van der Waals surface area contributed by atoms with E-state index < -0.39 is 21.9 Å². The molecule has 0 aromatic heterocycles. The summed E-state index contributed by atoms with van der Waals surface area (Å²) in [5.41, 5.74) is 2.00. The fraction of sp³-hybridized carbons (Fsp3) is 0.353. The highest BCUT2D eigenvalue weighted by Gasteiger charge is 2.27. The molecule has 3 aromatic carbocycles. The lowest BCUT2D eigenvalue weighted by atomic mass is 10.0. The van der Waals surface area contributed by atoms with E-state index in [1.807, 2.05) is 60.7 Å². The molecule has 0 saturated carbocycles. The summed E-state index contributed by atoms with van der Waals surface area (Å²) in [6.07, 6.45) is 4.04. The van der Waals surface area contributed by atoms with Gasteiger partial charge in [-0.05, 0) is 49.1 Å². The molecule has 1 heterocycles. The highest BCUT2D eigenvalue weighted by molar-refractivity contribution is 7.94. The number of benzene rings is 3. The zero-order valence-corrected chi connectivity index (χ0v) is 25.6. The van der Waals surface area contributed by atoms with E-state index in [4.69, 9.17) is 0 Å². The van der Waals surface area contributed by atoms with Gasteiger partial charge in [-0.2, -0.15) is 0 Å². The average molecular weight is 603 g/mol. The Morgan fingerprint density at radius 1 is 0.814 bits per heavy atom. The van der Waals surface area contributed by atoms with Crippen molar-refractivity contribution in [2.45, 2.75) is 49.6 Å². The van der Waals surface area contributed by atoms with Gasteiger partial charge >= 0.3 is 6.03 Å². The lowest BCUT2D eigenvalue weighted by Crippen LogP contribution is -2.57. The van der Waals surface area contributed by atoms with Crippen LogP contribution in [0.15, 0.2) is 107 Å². The monoisotopic (exact) mass is 602 g/mol. The van der Waals surface area contributed by atoms with Crippen molar-refractivity contribution in [3.8, 4) is 0 Å². The molecule has 0 spiro atoms. The third-order valence-electron chi connectivity index (χ3n) is 7.57. The summed E-state index contributed by atoms with van der Waals surface area (Å²) < 4.78 is 26.0. The number of hydrogen-bond acceptors (Lipinski definition) is 5. The predicted octanol–water partition coefficient (Wildman–Crippen LogP) is 4.44. The van der Waals surface area contributed by atoms with Gasteiger partial charge in [-0.1, -0.05) is 91.9 Å². The maximum Gasteiger partial charge on any atom is 0.318 e. The summed E-state index contributed by atoms with van der Waals surface area (Å²) in [6.45, 7) is 5.96. The molecule has 2 atom stereocenters. The summed E-state index contributed by atoms with van der Waals surface area (Å²) in [5, 5.41) is 7.17. The van der Waals surface area contributed by atoms with Crippen LogP contribution < -0.4 is 10.6 Å². The molecule has 3 amide bonds. The van der Waals surface area contributed by atoms with E-state index in [2.05, 4.69) is 22.5 Å². The Kier molecular flexibility index (Phi) is 11.9. The topological polar surface area (TPSA) is 98.8 Å². The van der Waals surface area contributed by atoms with Crippen LogP contribution in [-0.4, -0.2) is 75.0 Å². The van der Waals surface area contributed by atoms with Gasteiger partial charge < -0.3 is 15.5 Å². The molecule has 1 aliphatic heterocycles. The third-order valence-corrected chi connectivity index (χ3v) is 9.02. The molecule has 9 heteroatoms. The number of amides is 3. The van der Waals surface area contributed by atoms with Gasteiger partial charge in [0.2, 0.25) is 5.91 Å². The van der Waals surface area contributed by atoms with Crippen LogP contribution in [0.25, 0.3) is 0 Å². The summed E-state index contributed by atoms with van der Waals surface area (Å²) in [7, 11) is -3.70. The van der Waals surface area contributed by atoms with Gasteiger partial charge in [-0.3, -0.25) is 9.69 Å². The van der Waals surface area contributed by atoms with E-state index >= 15 is 0 Å². The number of carbonyl (C=O) groups excluding carboxylic acids is 2. The first-order valence-corrected chi connectivity index (χ1v) is 16.5. The van der Waals surface area contributed by atoms with Crippen molar-refractivity contribution < 1.29 is 18.0 Å². The molecular weight excluding hydrogens is 560 g/mol. The molecule has 228 valence electrons. The number of aryl methyl sites for hydroxylation is 1. The zero-order chi connectivity index (χ0) is 30.5. The van der Waals surface area contributed by atoms with E-state index in [-0.39, 0.29) is 16.8 Å². The maximum absolute atomic E-state index is 13.8. The number of carbonyl (C=O) groups is 2.